The van der Waals surface area contributed by atoms with Crippen LogP contribution in [0.5, 0.6) is 0 Å². The largest absolute Gasteiger partial charge is 0.481 e. The number of unbranched alkanes of at least 4 members (excludes halogenated alkanes) is 15. The lowest BCUT2D eigenvalue weighted by molar-refractivity contribution is -0.137. The fraction of sp³-hybridized carbons (Fsp3) is 0.962. The Morgan fingerprint density at radius 3 is 1.32 bits per heavy atom. The highest BCUT2D eigenvalue weighted by Gasteiger charge is 2.08. The van der Waals surface area contributed by atoms with Gasteiger partial charge in [-0.05, 0) is 12.3 Å². The van der Waals surface area contributed by atoms with Crippen LogP contribution in [0, 0.1) is 5.92 Å². The van der Waals surface area contributed by atoms with Gasteiger partial charge in [-0.1, -0.05) is 142 Å². The molecule has 0 heterocycles. The highest BCUT2D eigenvalue weighted by atomic mass is 16.4. The predicted molar refractivity (Wildman–Crippen MR) is 124 cm³/mol. The molecule has 0 aliphatic carbocycles. The van der Waals surface area contributed by atoms with Crippen LogP contribution in [0.4, 0.5) is 0 Å². The van der Waals surface area contributed by atoms with Crippen LogP contribution in [0.1, 0.15) is 155 Å². The second kappa shape index (κ2) is 22.8. The molecule has 0 rings (SSSR count). The number of hydrogen-bond acceptors (Lipinski definition) is 1. The van der Waals surface area contributed by atoms with Crippen LogP contribution in [0.25, 0.3) is 0 Å². The van der Waals surface area contributed by atoms with Crippen LogP contribution in [-0.4, -0.2) is 11.1 Å². The molecule has 0 aromatic rings. The molecule has 0 aliphatic rings. The quantitative estimate of drug-likeness (QED) is 0.175. The molecule has 0 aromatic heterocycles. The van der Waals surface area contributed by atoms with Crippen molar-refractivity contribution >= 4 is 5.97 Å². The molecule has 1 N–H and O–H groups in total. The molecule has 0 saturated heterocycles. The van der Waals surface area contributed by atoms with Crippen LogP contribution in [0.3, 0.4) is 0 Å². The summed E-state index contributed by atoms with van der Waals surface area (Å²) in [6.45, 7) is 4.58. The van der Waals surface area contributed by atoms with Crippen molar-refractivity contribution in [3.8, 4) is 0 Å². The number of carbonyl (C=O) groups is 1. The molecule has 1 unspecified atom stereocenters. The van der Waals surface area contributed by atoms with Gasteiger partial charge in [0, 0.05) is 6.42 Å². The van der Waals surface area contributed by atoms with E-state index in [1.54, 1.807) is 0 Å². The van der Waals surface area contributed by atoms with Gasteiger partial charge in [-0.2, -0.15) is 0 Å². The Hall–Kier alpha value is -0.530. The number of hydrogen-bond donors (Lipinski definition) is 1. The topological polar surface area (TPSA) is 37.3 Å². The van der Waals surface area contributed by atoms with Crippen molar-refractivity contribution < 1.29 is 9.90 Å². The maximum Gasteiger partial charge on any atom is 0.303 e. The normalized spacial score (nSPS) is 12.4. The van der Waals surface area contributed by atoms with Crippen LogP contribution < -0.4 is 0 Å². The van der Waals surface area contributed by atoms with Crippen molar-refractivity contribution in [2.75, 3.05) is 0 Å². The molecule has 0 saturated carbocycles. The molecule has 0 aromatic carbocycles. The second-order valence-electron chi connectivity index (χ2n) is 9.03. The van der Waals surface area contributed by atoms with Crippen molar-refractivity contribution in [3.63, 3.8) is 0 Å². The summed E-state index contributed by atoms with van der Waals surface area (Å²) in [5.74, 6) is 0.236. The summed E-state index contributed by atoms with van der Waals surface area (Å²) in [5, 5.41) is 8.70. The number of aliphatic carboxylic acids is 1. The van der Waals surface area contributed by atoms with E-state index in [1.165, 1.54) is 122 Å². The summed E-state index contributed by atoms with van der Waals surface area (Å²) in [4.78, 5) is 10.6. The lowest BCUT2D eigenvalue weighted by atomic mass is 9.90. The van der Waals surface area contributed by atoms with Gasteiger partial charge in [0.2, 0.25) is 0 Å². The van der Waals surface area contributed by atoms with Crippen molar-refractivity contribution in [2.45, 2.75) is 155 Å². The first-order valence-corrected chi connectivity index (χ1v) is 12.9. The fourth-order valence-electron chi connectivity index (χ4n) is 4.35. The maximum atomic E-state index is 10.6. The van der Waals surface area contributed by atoms with Gasteiger partial charge in [0.05, 0.1) is 0 Å². The Morgan fingerprint density at radius 1 is 0.536 bits per heavy atom. The maximum absolute atomic E-state index is 10.6. The van der Waals surface area contributed by atoms with Crippen molar-refractivity contribution in [3.05, 3.63) is 0 Å². The molecule has 0 aliphatic heterocycles. The third kappa shape index (κ3) is 21.8. The summed E-state index contributed by atoms with van der Waals surface area (Å²) in [7, 11) is 0. The predicted octanol–water partition coefficient (Wildman–Crippen LogP) is 9.31. The monoisotopic (exact) mass is 396 g/mol. The minimum atomic E-state index is -0.646. The highest BCUT2D eigenvalue weighted by Crippen LogP contribution is 2.23. The molecule has 0 fully saturated rings. The lowest BCUT2D eigenvalue weighted by Crippen LogP contribution is -2.01. The average molecular weight is 397 g/mol. The molecule has 0 radical (unpaired) electrons. The third-order valence-corrected chi connectivity index (χ3v) is 6.17. The molecular weight excluding hydrogens is 344 g/mol. The van der Waals surface area contributed by atoms with Gasteiger partial charge >= 0.3 is 5.97 Å². The molecular formula is C26H52O2. The van der Waals surface area contributed by atoms with Crippen LogP contribution in [0.15, 0.2) is 0 Å². The third-order valence-electron chi connectivity index (χ3n) is 6.17. The summed E-state index contributed by atoms with van der Waals surface area (Å²) in [5.41, 5.74) is 0. The Balaban J connectivity index is 3.37. The van der Waals surface area contributed by atoms with Gasteiger partial charge in [0.1, 0.15) is 0 Å². The molecule has 0 spiro atoms. The summed E-state index contributed by atoms with van der Waals surface area (Å²) in [6, 6.07) is 0. The summed E-state index contributed by atoms with van der Waals surface area (Å²) >= 11 is 0. The first-order chi connectivity index (χ1) is 13.7. The van der Waals surface area contributed by atoms with E-state index in [2.05, 4.69) is 13.8 Å². The molecule has 0 bridgehead atoms. The standard InChI is InChI=1S/C26H52O2/c1-3-5-6-7-8-9-10-11-12-13-14-15-16-18-22-25(21-4-2)23-19-17-20-24-26(27)28/h25H,3-24H2,1-2H3,(H,27,28). The molecule has 2 heteroatoms. The van der Waals surface area contributed by atoms with Crippen molar-refractivity contribution in [2.24, 2.45) is 5.92 Å². The van der Waals surface area contributed by atoms with Gasteiger partial charge in [-0.3, -0.25) is 4.79 Å². The van der Waals surface area contributed by atoms with Crippen molar-refractivity contribution in [1.82, 2.24) is 0 Å². The zero-order chi connectivity index (χ0) is 20.7. The van der Waals surface area contributed by atoms with E-state index in [1.807, 2.05) is 0 Å². The first-order valence-electron chi connectivity index (χ1n) is 12.9. The molecule has 0 amide bonds. The van der Waals surface area contributed by atoms with Crippen LogP contribution in [-0.2, 0) is 4.79 Å². The minimum Gasteiger partial charge on any atom is -0.481 e. The average Bonchev–Trinajstić information content (AvgIpc) is 2.67. The van der Waals surface area contributed by atoms with Gasteiger partial charge in [-0.15, -0.1) is 0 Å². The second-order valence-corrected chi connectivity index (χ2v) is 9.03. The van der Waals surface area contributed by atoms with Gasteiger partial charge in [-0.25, -0.2) is 0 Å². The Labute approximate surface area is 177 Å². The number of carboxylic acid groups (broad SMARTS) is 1. The van der Waals surface area contributed by atoms with Gasteiger partial charge in [0.25, 0.3) is 0 Å². The Bertz CT molecular complexity index is 314. The zero-order valence-electron chi connectivity index (χ0n) is 19.5. The summed E-state index contributed by atoms with van der Waals surface area (Å²) in [6.07, 6.45) is 28.9. The van der Waals surface area contributed by atoms with Crippen molar-refractivity contribution in [1.29, 1.82) is 0 Å². The molecule has 28 heavy (non-hydrogen) atoms. The van der Waals surface area contributed by atoms with E-state index in [0.29, 0.717) is 6.42 Å². The number of rotatable bonds is 23. The van der Waals surface area contributed by atoms with E-state index in [9.17, 15) is 4.79 Å². The minimum absolute atomic E-state index is 0.345. The van der Waals surface area contributed by atoms with E-state index < -0.39 is 5.97 Å². The number of carboxylic acids is 1. The zero-order valence-corrected chi connectivity index (χ0v) is 19.5. The molecule has 168 valence electrons. The SMILES string of the molecule is CCCCCCCCCCCCCCCCC(CCC)CCCCCC(=O)O. The lowest BCUT2D eigenvalue weighted by Gasteiger charge is -2.16. The Morgan fingerprint density at radius 2 is 0.929 bits per heavy atom. The van der Waals surface area contributed by atoms with E-state index in [-0.39, 0.29) is 0 Å². The van der Waals surface area contributed by atoms with E-state index >= 15 is 0 Å². The molecule has 1 atom stereocenters. The fourth-order valence-corrected chi connectivity index (χ4v) is 4.35. The van der Waals surface area contributed by atoms with Crippen LogP contribution >= 0.6 is 0 Å². The smallest absolute Gasteiger partial charge is 0.303 e. The van der Waals surface area contributed by atoms with Gasteiger partial charge in [0.15, 0.2) is 0 Å². The Kier molecular flexibility index (Phi) is 22.3. The van der Waals surface area contributed by atoms with E-state index in [4.69, 9.17) is 5.11 Å². The highest BCUT2D eigenvalue weighted by molar-refractivity contribution is 5.66. The van der Waals surface area contributed by atoms with Crippen LogP contribution in [0.2, 0.25) is 0 Å². The first kappa shape index (κ1) is 27.5. The van der Waals surface area contributed by atoms with Gasteiger partial charge < -0.3 is 5.11 Å². The molecule has 2 nitrogen and oxygen atoms in total. The summed E-state index contributed by atoms with van der Waals surface area (Å²) < 4.78 is 0. The van der Waals surface area contributed by atoms with E-state index in [0.717, 1.165) is 18.8 Å².